The van der Waals surface area contributed by atoms with Gasteiger partial charge >= 0.3 is 5.97 Å². The number of carbonyl (C=O) groups excluding carboxylic acids is 1. The molecule has 0 spiro atoms. The van der Waals surface area contributed by atoms with Gasteiger partial charge in [0.25, 0.3) is 0 Å². The molecule has 0 radical (unpaired) electrons. The second kappa shape index (κ2) is 3.38. The zero-order valence-electron chi connectivity index (χ0n) is 9.46. The summed E-state index contributed by atoms with van der Waals surface area (Å²) >= 11 is 0. The van der Waals surface area contributed by atoms with Crippen LogP contribution in [-0.4, -0.2) is 12.1 Å². The maximum atomic E-state index is 11.9. The molecule has 4 nitrogen and oxygen atoms in total. The normalized spacial score (nSPS) is 28.1. The zero-order chi connectivity index (χ0) is 12.1. The van der Waals surface area contributed by atoms with Crippen molar-refractivity contribution in [3.63, 3.8) is 0 Å². The summed E-state index contributed by atoms with van der Waals surface area (Å²) in [6.45, 7) is 0. The van der Waals surface area contributed by atoms with E-state index in [1.165, 1.54) is 6.26 Å². The number of furan rings is 1. The molecule has 0 bridgehead atoms. The van der Waals surface area contributed by atoms with Gasteiger partial charge in [0.15, 0.2) is 0 Å². The van der Waals surface area contributed by atoms with Gasteiger partial charge in [-0.1, -0.05) is 6.08 Å². The third kappa shape index (κ3) is 1.17. The van der Waals surface area contributed by atoms with Crippen molar-refractivity contribution in [1.82, 2.24) is 0 Å². The van der Waals surface area contributed by atoms with Crippen LogP contribution in [0.2, 0.25) is 0 Å². The van der Waals surface area contributed by atoms with Crippen molar-refractivity contribution in [2.75, 3.05) is 0 Å². The van der Waals surface area contributed by atoms with E-state index >= 15 is 0 Å². The molecule has 90 valence electrons. The highest BCUT2D eigenvalue weighted by atomic mass is 16.5. The van der Waals surface area contributed by atoms with Crippen molar-refractivity contribution < 1.29 is 18.7 Å². The van der Waals surface area contributed by atoms with Crippen LogP contribution in [0.5, 0.6) is 0 Å². The van der Waals surface area contributed by atoms with Crippen LogP contribution in [0.25, 0.3) is 0 Å². The number of ether oxygens (including phenoxy) is 2. The number of allylic oxidation sites excluding steroid dienone is 2. The van der Waals surface area contributed by atoms with Gasteiger partial charge in [0.2, 0.25) is 0 Å². The molecule has 1 aromatic rings. The number of hydrogen-bond acceptors (Lipinski definition) is 4. The Hall–Kier alpha value is -2.23. The largest absolute Gasteiger partial charge is 0.468 e. The number of hydrogen-bond donors (Lipinski definition) is 0. The summed E-state index contributed by atoms with van der Waals surface area (Å²) in [6, 6.07) is 1.66. The maximum Gasteiger partial charge on any atom is 0.342 e. The van der Waals surface area contributed by atoms with Gasteiger partial charge in [0, 0.05) is 5.57 Å². The molecule has 0 aromatic carbocycles. The van der Waals surface area contributed by atoms with Gasteiger partial charge in [0.05, 0.1) is 18.4 Å². The standard InChI is InChI=1S/C14H10O4/c15-14-10-5-7-17-12(10)9-3-4-11-8(13(9)18-14)2-1-6-16-11/h1,3-7,9,13H,2H2. The average molecular weight is 242 g/mol. The molecule has 0 saturated heterocycles. The molecule has 1 aliphatic carbocycles. The Labute approximate surface area is 103 Å². The number of rotatable bonds is 0. The van der Waals surface area contributed by atoms with Crippen LogP contribution >= 0.6 is 0 Å². The molecule has 0 N–H and O–H groups in total. The van der Waals surface area contributed by atoms with Crippen LogP contribution in [0.1, 0.15) is 28.5 Å². The molecule has 0 amide bonds. The van der Waals surface area contributed by atoms with Gasteiger partial charge in [0.1, 0.15) is 23.2 Å². The SMILES string of the molecule is O=C1OC2C3=C(C=CC2c2occc21)OC=CC3. The van der Waals surface area contributed by atoms with Gasteiger partial charge in [-0.2, -0.15) is 0 Å². The van der Waals surface area contributed by atoms with Gasteiger partial charge in [-0.3, -0.25) is 0 Å². The highest BCUT2D eigenvalue weighted by Gasteiger charge is 2.41. The first-order valence-electron chi connectivity index (χ1n) is 5.86. The Kier molecular flexibility index (Phi) is 1.84. The van der Waals surface area contributed by atoms with E-state index in [4.69, 9.17) is 13.9 Å². The van der Waals surface area contributed by atoms with E-state index < -0.39 is 0 Å². The van der Waals surface area contributed by atoms with Crippen molar-refractivity contribution in [3.05, 3.63) is 59.5 Å². The lowest BCUT2D eigenvalue weighted by molar-refractivity contribution is 0.0259. The molecule has 1 aromatic heterocycles. The third-order valence-corrected chi connectivity index (χ3v) is 3.52. The summed E-state index contributed by atoms with van der Waals surface area (Å²) in [5.74, 6) is 1.11. The van der Waals surface area contributed by atoms with Gasteiger partial charge in [-0.05, 0) is 24.6 Å². The molecule has 2 unspecified atom stereocenters. The van der Waals surface area contributed by atoms with Crippen molar-refractivity contribution in [2.24, 2.45) is 0 Å². The molecule has 3 aliphatic rings. The molecular formula is C14H10O4. The summed E-state index contributed by atoms with van der Waals surface area (Å²) in [7, 11) is 0. The maximum absolute atomic E-state index is 11.9. The molecule has 0 saturated carbocycles. The van der Waals surface area contributed by atoms with Crippen molar-refractivity contribution in [2.45, 2.75) is 18.4 Å². The van der Waals surface area contributed by atoms with Gasteiger partial charge in [-0.15, -0.1) is 0 Å². The van der Waals surface area contributed by atoms with Crippen LogP contribution in [0.3, 0.4) is 0 Å². The van der Waals surface area contributed by atoms with Crippen molar-refractivity contribution in [1.29, 1.82) is 0 Å². The monoisotopic (exact) mass is 242 g/mol. The van der Waals surface area contributed by atoms with Crippen LogP contribution in [0.4, 0.5) is 0 Å². The minimum absolute atomic E-state index is 0.0402. The summed E-state index contributed by atoms with van der Waals surface area (Å²) in [6.07, 6.45) is 9.43. The Balaban J connectivity index is 1.83. The quantitative estimate of drug-likeness (QED) is 0.656. The number of carbonyl (C=O) groups is 1. The van der Waals surface area contributed by atoms with Gasteiger partial charge < -0.3 is 13.9 Å². The highest BCUT2D eigenvalue weighted by molar-refractivity contribution is 5.92. The number of fused-ring (bicyclic) bond motifs is 4. The zero-order valence-corrected chi connectivity index (χ0v) is 9.46. The fourth-order valence-electron chi connectivity index (χ4n) is 2.68. The molecule has 4 rings (SSSR count). The highest BCUT2D eigenvalue weighted by Crippen LogP contribution is 2.42. The second-order valence-corrected chi connectivity index (χ2v) is 4.49. The van der Waals surface area contributed by atoms with Crippen LogP contribution in [0.15, 0.2) is 52.6 Å². The average Bonchev–Trinajstić information content (AvgIpc) is 2.89. The summed E-state index contributed by atoms with van der Waals surface area (Å²) in [4.78, 5) is 11.9. The fourth-order valence-corrected chi connectivity index (χ4v) is 2.68. The fraction of sp³-hybridized carbons (Fsp3) is 0.214. The first kappa shape index (κ1) is 9.76. The van der Waals surface area contributed by atoms with Crippen LogP contribution < -0.4 is 0 Å². The molecule has 3 heterocycles. The van der Waals surface area contributed by atoms with E-state index in [9.17, 15) is 4.79 Å². The Bertz CT molecular complexity index is 617. The van der Waals surface area contributed by atoms with E-state index in [0.717, 1.165) is 17.8 Å². The second-order valence-electron chi connectivity index (χ2n) is 4.49. The van der Waals surface area contributed by atoms with E-state index in [2.05, 4.69) is 0 Å². The minimum Gasteiger partial charge on any atom is -0.468 e. The molecule has 18 heavy (non-hydrogen) atoms. The molecule has 0 fully saturated rings. The first-order valence-corrected chi connectivity index (χ1v) is 5.86. The lowest BCUT2D eigenvalue weighted by Gasteiger charge is -2.34. The molecule has 4 heteroatoms. The van der Waals surface area contributed by atoms with E-state index in [-0.39, 0.29) is 18.0 Å². The third-order valence-electron chi connectivity index (χ3n) is 3.52. The minimum atomic E-state index is -0.322. The Morgan fingerprint density at radius 2 is 2.28 bits per heavy atom. The Morgan fingerprint density at radius 3 is 3.22 bits per heavy atom. The van der Waals surface area contributed by atoms with E-state index in [0.29, 0.717) is 11.3 Å². The summed E-state index contributed by atoms with van der Waals surface area (Å²) < 4.78 is 16.4. The Morgan fingerprint density at radius 1 is 1.33 bits per heavy atom. The molecule has 2 atom stereocenters. The number of esters is 1. The van der Waals surface area contributed by atoms with Crippen molar-refractivity contribution >= 4 is 5.97 Å². The molecule has 2 aliphatic heterocycles. The lowest BCUT2D eigenvalue weighted by Crippen LogP contribution is -2.34. The van der Waals surface area contributed by atoms with Crippen molar-refractivity contribution in [3.8, 4) is 0 Å². The summed E-state index contributed by atoms with van der Waals surface area (Å²) in [5.41, 5.74) is 1.53. The first-order chi connectivity index (χ1) is 8.84. The van der Waals surface area contributed by atoms with E-state index in [1.807, 2.05) is 18.2 Å². The topological polar surface area (TPSA) is 48.7 Å². The van der Waals surface area contributed by atoms with Gasteiger partial charge in [-0.25, -0.2) is 4.79 Å². The van der Waals surface area contributed by atoms with Crippen LogP contribution in [-0.2, 0) is 9.47 Å². The smallest absolute Gasteiger partial charge is 0.342 e. The predicted octanol–water partition coefficient (Wildman–Crippen LogP) is 2.66. The summed E-state index contributed by atoms with van der Waals surface area (Å²) in [5, 5.41) is 0. The molecular weight excluding hydrogens is 232 g/mol. The van der Waals surface area contributed by atoms with E-state index in [1.54, 1.807) is 12.3 Å². The predicted molar refractivity (Wildman–Crippen MR) is 61.7 cm³/mol. The van der Waals surface area contributed by atoms with Crippen LogP contribution in [0, 0.1) is 0 Å². The lowest BCUT2D eigenvalue weighted by atomic mass is 9.83.